The number of nitro groups is 1. The summed E-state index contributed by atoms with van der Waals surface area (Å²) in [6.07, 6.45) is 5.06. The Hall–Kier alpha value is -2.07. The molecule has 0 aliphatic carbocycles. The van der Waals surface area contributed by atoms with Gasteiger partial charge in [-0.15, -0.1) is 18.2 Å². The summed E-state index contributed by atoms with van der Waals surface area (Å²) in [5.41, 5.74) is -0.663. The molecule has 0 heterocycles. The molecule has 19 heavy (non-hydrogen) atoms. The number of rotatable bonds is 6. The van der Waals surface area contributed by atoms with E-state index in [1.54, 1.807) is 0 Å². The van der Waals surface area contributed by atoms with E-state index >= 15 is 0 Å². The maximum Gasteiger partial charge on any atom is 0.305 e. The SMILES string of the molecule is C#CCSCCNC(=O)c1ccc(F)c([N+](=O)[O-])c1. The van der Waals surface area contributed by atoms with Gasteiger partial charge in [0.05, 0.1) is 10.7 Å². The van der Waals surface area contributed by atoms with Crippen LogP contribution in [0.2, 0.25) is 0 Å². The minimum atomic E-state index is -0.967. The number of terminal acetylenes is 1. The monoisotopic (exact) mass is 282 g/mol. The lowest BCUT2D eigenvalue weighted by Gasteiger charge is -2.04. The van der Waals surface area contributed by atoms with E-state index < -0.39 is 22.3 Å². The summed E-state index contributed by atoms with van der Waals surface area (Å²) in [7, 11) is 0. The number of benzene rings is 1. The number of nitrogens with one attached hydrogen (secondary N) is 1. The van der Waals surface area contributed by atoms with Crippen molar-refractivity contribution in [2.45, 2.75) is 0 Å². The average molecular weight is 282 g/mol. The van der Waals surface area contributed by atoms with Gasteiger partial charge in [-0.25, -0.2) is 0 Å². The molecule has 0 aliphatic rings. The van der Waals surface area contributed by atoms with E-state index in [2.05, 4.69) is 11.2 Å². The summed E-state index contributed by atoms with van der Waals surface area (Å²) >= 11 is 1.48. The van der Waals surface area contributed by atoms with Gasteiger partial charge in [0.25, 0.3) is 5.91 Å². The summed E-state index contributed by atoms with van der Waals surface area (Å²) in [5.74, 6) is 2.19. The van der Waals surface area contributed by atoms with Crippen LogP contribution in [0, 0.1) is 28.3 Å². The number of hydrogen-bond donors (Lipinski definition) is 1. The molecule has 1 aromatic carbocycles. The van der Waals surface area contributed by atoms with Crippen LogP contribution >= 0.6 is 11.8 Å². The molecule has 0 saturated carbocycles. The number of nitro benzene ring substituents is 1. The zero-order chi connectivity index (χ0) is 14.3. The van der Waals surface area contributed by atoms with Crippen molar-refractivity contribution < 1.29 is 14.1 Å². The normalized spacial score (nSPS) is 9.68. The van der Waals surface area contributed by atoms with Crippen LogP contribution in [0.15, 0.2) is 18.2 Å². The summed E-state index contributed by atoms with van der Waals surface area (Å²) in [5, 5.41) is 13.1. The van der Waals surface area contributed by atoms with Crippen molar-refractivity contribution in [3.05, 3.63) is 39.7 Å². The molecule has 1 N–H and O–H groups in total. The fraction of sp³-hybridized carbons (Fsp3) is 0.250. The van der Waals surface area contributed by atoms with Crippen molar-refractivity contribution >= 4 is 23.4 Å². The average Bonchev–Trinajstić information content (AvgIpc) is 2.38. The molecule has 1 amide bonds. The Labute approximate surface area is 113 Å². The molecule has 0 fully saturated rings. The predicted molar refractivity (Wildman–Crippen MR) is 71.5 cm³/mol. The summed E-state index contributed by atoms with van der Waals surface area (Å²) < 4.78 is 13.1. The third-order valence-electron chi connectivity index (χ3n) is 2.12. The lowest BCUT2D eigenvalue weighted by atomic mass is 10.2. The highest BCUT2D eigenvalue weighted by molar-refractivity contribution is 7.99. The molecule has 0 spiro atoms. The number of nitrogens with zero attached hydrogens (tertiary/aromatic N) is 1. The maximum atomic E-state index is 13.1. The van der Waals surface area contributed by atoms with Gasteiger partial charge in [0.2, 0.25) is 5.82 Å². The molecule has 1 rings (SSSR count). The highest BCUT2D eigenvalue weighted by Gasteiger charge is 2.17. The van der Waals surface area contributed by atoms with Crippen molar-refractivity contribution in [2.75, 3.05) is 18.1 Å². The van der Waals surface area contributed by atoms with Gasteiger partial charge in [-0.3, -0.25) is 14.9 Å². The number of thioether (sulfide) groups is 1. The highest BCUT2D eigenvalue weighted by atomic mass is 32.2. The Balaban J connectivity index is 2.60. The first kappa shape index (κ1) is 15.0. The van der Waals surface area contributed by atoms with E-state index in [9.17, 15) is 19.3 Å². The Morgan fingerprint density at radius 2 is 2.32 bits per heavy atom. The molecule has 0 atom stereocenters. The quantitative estimate of drug-likeness (QED) is 0.374. The maximum absolute atomic E-state index is 13.1. The van der Waals surface area contributed by atoms with Crippen molar-refractivity contribution in [2.24, 2.45) is 0 Å². The van der Waals surface area contributed by atoms with E-state index in [-0.39, 0.29) is 5.56 Å². The molecule has 0 aromatic heterocycles. The molecule has 0 bridgehead atoms. The molecule has 0 aliphatic heterocycles. The van der Waals surface area contributed by atoms with Crippen molar-refractivity contribution in [1.29, 1.82) is 0 Å². The van der Waals surface area contributed by atoms with Crippen LogP contribution in [0.4, 0.5) is 10.1 Å². The first-order valence-corrected chi connectivity index (χ1v) is 6.45. The van der Waals surface area contributed by atoms with Gasteiger partial charge in [-0.1, -0.05) is 5.92 Å². The van der Waals surface area contributed by atoms with E-state index in [0.29, 0.717) is 18.1 Å². The van der Waals surface area contributed by atoms with E-state index in [4.69, 9.17) is 6.42 Å². The third-order valence-corrected chi connectivity index (χ3v) is 2.99. The fourth-order valence-corrected chi connectivity index (χ4v) is 1.77. The second-order valence-corrected chi connectivity index (χ2v) is 4.54. The van der Waals surface area contributed by atoms with Crippen LogP contribution in [0.25, 0.3) is 0 Å². The molecule has 7 heteroatoms. The number of carbonyl (C=O) groups is 1. The number of halogens is 1. The molecule has 100 valence electrons. The van der Waals surface area contributed by atoms with Crippen LogP contribution in [-0.4, -0.2) is 28.9 Å². The summed E-state index contributed by atoms with van der Waals surface area (Å²) in [4.78, 5) is 21.3. The van der Waals surface area contributed by atoms with Crippen LogP contribution in [0.3, 0.4) is 0 Å². The van der Waals surface area contributed by atoms with Gasteiger partial charge in [0.1, 0.15) is 0 Å². The van der Waals surface area contributed by atoms with Gasteiger partial charge in [0, 0.05) is 23.9 Å². The van der Waals surface area contributed by atoms with E-state index in [0.717, 1.165) is 12.1 Å². The fourth-order valence-electron chi connectivity index (χ4n) is 1.26. The third kappa shape index (κ3) is 4.60. The van der Waals surface area contributed by atoms with Crippen molar-refractivity contribution in [3.63, 3.8) is 0 Å². The van der Waals surface area contributed by atoms with E-state index in [1.807, 2.05) is 0 Å². The van der Waals surface area contributed by atoms with E-state index in [1.165, 1.54) is 17.8 Å². The Bertz CT molecular complexity index is 528. The zero-order valence-corrected chi connectivity index (χ0v) is 10.7. The minimum Gasteiger partial charge on any atom is -0.351 e. The Morgan fingerprint density at radius 3 is 2.95 bits per heavy atom. The van der Waals surface area contributed by atoms with Gasteiger partial charge >= 0.3 is 5.69 Å². The lowest BCUT2D eigenvalue weighted by molar-refractivity contribution is -0.387. The minimum absolute atomic E-state index is 0.0510. The summed E-state index contributed by atoms with van der Waals surface area (Å²) in [6.45, 7) is 0.385. The van der Waals surface area contributed by atoms with Gasteiger partial charge in [0.15, 0.2) is 0 Å². The predicted octanol–water partition coefficient (Wildman–Crippen LogP) is 1.83. The zero-order valence-electron chi connectivity index (χ0n) is 9.89. The first-order chi connectivity index (χ1) is 9.06. The van der Waals surface area contributed by atoms with Crippen molar-refractivity contribution in [3.8, 4) is 12.3 Å². The molecule has 0 radical (unpaired) electrons. The van der Waals surface area contributed by atoms with Gasteiger partial charge in [-0.2, -0.15) is 4.39 Å². The highest BCUT2D eigenvalue weighted by Crippen LogP contribution is 2.18. The topological polar surface area (TPSA) is 72.2 Å². The number of amides is 1. The molecule has 0 unspecified atom stereocenters. The van der Waals surface area contributed by atoms with Crippen molar-refractivity contribution in [1.82, 2.24) is 5.32 Å². The second-order valence-electron chi connectivity index (χ2n) is 3.44. The Morgan fingerprint density at radius 1 is 1.58 bits per heavy atom. The molecular weight excluding hydrogens is 271 g/mol. The van der Waals surface area contributed by atoms with Gasteiger partial charge < -0.3 is 5.32 Å². The molecule has 0 saturated heterocycles. The van der Waals surface area contributed by atoms with Crippen LogP contribution in [0.5, 0.6) is 0 Å². The molecule has 1 aromatic rings. The van der Waals surface area contributed by atoms with Gasteiger partial charge in [-0.05, 0) is 12.1 Å². The van der Waals surface area contributed by atoms with Crippen LogP contribution < -0.4 is 5.32 Å². The smallest absolute Gasteiger partial charge is 0.305 e. The first-order valence-electron chi connectivity index (χ1n) is 5.29. The largest absolute Gasteiger partial charge is 0.351 e. The second kappa shape index (κ2) is 7.38. The standard InChI is InChI=1S/C12H11FN2O3S/c1-2-6-19-7-5-14-12(16)9-3-4-10(13)11(8-9)15(17)18/h1,3-4,8H,5-7H2,(H,14,16). The summed E-state index contributed by atoms with van der Waals surface area (Å²) in [6, 6.07) is 3.02. The molecular formula is C12H11FN2O3S. The lowest BCUT2D eigenvalue weighted by Crippen LogP contribution is -2.25. The molecule has 5 nitrogen and oxygen atoms in total. The van der Waals surface area contributed by atoms with Crippen LogP contribution in [0.1, 0.15) is 10.4 Å². The number of hydrogen-bond acceptors (Lipinski definition) is 4. The Kier molecular flexibility index (Phi) is 5.82. The number of carbonyl (C=O) groups excluding carboxylic acids is 1. The van der Waals surface area contributed by atoms with Crippen LogP contribution in [-0.2, 0) is 0 Å².